The summed E-state index contributed by atoms with van der Waals surface area (Å²) in [5.74, 6) is -0.662. The topological polar surface area (TPSA) is 86.6 Å². The van der Waals surface area contributed by atoms with Gasteiger partial charge in [0.15, 0.2) is 5.13 Å². The predicted octanol–water partition coefficient (Wildman–Crippen LogP) is 2.64. The van der Waals surface area contributed by atoms with Gasteiger partial charge < -0.3 is 9.88 Å². The van der Waals surface area contributed by atoms with Crippen LogP contribution in [0.2, 0.25) is 0 Å². The Kier molecular flexibility index (Phi) is 9.52. The number of amides is 2. The maximum Gasteiger partial charge on any atom is 0.263 e. The molecular weight excluding hydrogens is 493 g/mol. The molecule has 0 spiro atoms. The fourth-order valence-electron chi connectivity index (χ4n) is 4.09. The molecule has 2 aromatic heterocycles. The van der Waals surface area contributed by atoms with E-state index in [4.69, 9.17) is 0 Å². The third kappa shape index (κ3) is 7.78. The molecule has 4 rings (SSSR count). The molecule has 0 saturated carbocycles. The third-order valence-electron chi connectivity index (χ3n) is 6.15. The molecule has 1 fully saturated rings. The van der Waals surface area contributed by atoms with E-state index in [0.717, 1.165) is 51.3 Å². The summed E-state index contributed by atoms with van der Waals surface area (Å²) in [5, 5.41) is 3.36. The summed E-state index contributed by atoms with van der Waals surface area (Å²) in [6, 6.07) is 6.07. The van der Waals surface area contributed by atoms with Crippen LogP contribution in [0.3, 0.4) is 0 Å². The SMILES string of the molecule is C=CCN1CCN(CC(=O)N(Cc2ccc(F)cc2)c2ncc(C(=O)NCCCn3ccnc3)s2)CC1. The van der Waals surface area contributed by atoms with Crippen molar-refractivity contribution < 1.29 is 14.0 Å². The number of benzene rings is 1. The zero-order chi connectivity index (χ0) is 26.0. The van der Waals surface area contributed by atoms with Crippen LogP contribution in [0.1, 0.15) is 21.7 Å². The number of aromatic nitrogens is 3. The number of halogens is 1. The van der Waals surface area contributed by atoms with E-state index in [1.807, 2.05) is 16.8 Å². The van der Waals surface area contributed by atoms with Gasteiger partial charge in [-0.1, -0.05) is 29.5 Å². The van der Waals surface area contributed by atoms with Gasteiger partial charge in [-0.25, -0.2) is 14.4 Å². The van der Waals surface area contributed by atoms with Crippen LogP contribution >= 0.6 is 11.3 Å². The molecular formula is C26H32FN7O2S. The highest BCUT2D eigenvalue weighted by molar-refractivity contribution is 7.17. The van der Waals surface area contributed by atoms with E-state index in [9.17, 15) is 14.0 Å². The van der Waals surface area contributed by atoms with Crippen molar-refractivity contribution in [2.45, 2.75) is 19.5 Å². The average molecular weight is 526 g/mol. The number of hydrogen-bond acceptors (Lipinski definition) is 7. The number of anilines is 1. The van der Waals surface area contributed by atoms with Crippen molar-refractivity contribution in [3.63, 3.8) is 0 Å². The maximum atomic E-state index is 13.4. The Labute approximate surface area is 220 Å². The van der Waals surface area contributed by atoms with Crippen molar-refractivity contribution in [2.75, 3.05) is 50.7 Å². The van der Waals surface area contributed by atoms with Crippen molar-refractivity contribution in [3.8, 4) is 0 Å². The Morgan fingerprint density at radius 2 is 1.92 bits per heavy atom. The number of nitrogens with zero attached hydrogens (tertiary/aromatic N) is 6. The minimum Gasteiger partial charge on any atom is -0.351 e. The van der Waals surface area contributed by atoms with Crippen molar-refractivity contribution in [2.24, 2.45) is 0 Å². The molecule has 1 aromatic carbocycles. The van der Waals surface area contributed by atoms with E-state index in [0.29, 0.717) is 16.6 Å². The van der Waals surface area contributed by atoms with Crippen LogP contribution in [0.25, 0.3) is 0 Å². The van der Waals surface area contributed by atoms with Crippen LogP contribution in [0.4, 0.5) is 9.52 Å². The van der Waals surface area contributed by atoms with Gasteiger partial charge in [0, 0.05) is 58.2 Å². The molecule has 1 N–H and O–H groups in total. The van der Waals surface area contributed by atoms with Crippen molar-refractivity contribution in [3.05, 3.63) is 78.1 Å². The first kappa shape index (κ1) is 26.6. The smallest absolute Gasteiger partial charge is 0.263 e. The second-order valence-corrected chi connectivity index (χ2v) is 9.90. The number of aryl methyl sites for hydroxylation is 1. The highest BCUT2D eigenvalue weighted by atomic mass is 32.1. The lowest BCUT2D eigenvalue weighted by molar-refractivity contribution is -0.120. The zero-order valence-electron chi connectivity index (χ0n) is 20.8. The number of rotatable bonds is 12. The minimum atomic E-state index is -0.333. The molecule has 1 saturated heterocycles. The molecule has 3 aromatic rings. The molecule has 2 amide bonds. The molecule has 0 radical (unpaired) electrons. The Balaban J connectivity index is 1.39. The summed E-state index contributed by atoms with van der Waals surface area (Å²) in [6.07, 6.45) is 9.50. The standard InChI is InChI=1S/C26H32FN7O2S/c1-2-10-31-13-15-32(16-14-31)19-24(35)34(18-21-4-6-22(27)7-5-21)26-30-17-23(37-26)25(36)29-8-3-11-33-12-9-28-20-33/h2,4-7,9,12,17,20H,1,3,8,10-11,13-16,18-19H2,(H,29,36). The largest absolute Gasteiger partial charge is 0.351 e. The van der Waals surface area contributed by atoms with Crippen LogP contribution < -0.4 is 10.2 Å². The highest BCUT2D eigenvalue weighted by Gasteiger charge is 2.25. The Bertz CT molecular complexity index is 1160. The lowest BCUT2D eigenvalue weighted by atomic mass is 10.2. The fraction of sp³-hybridized carbons (Fsp3) is 0.385. The van der Waals surface area contributed by atoms with E-state index in [1.54, 1.807) is 29.6 Å². The van der Waals surface area contributed by atoms with Crippen molar-refractivity contribution in [1.82, 2.24) is 29.7 Å². The molecule has 9 nitrogen and oxygen atoms in total. The molecule has 0 atom stereocenters. The van der Waals surface area contributed by atoms with Gasteiger partial charge in [-0.15, -0.1) is 6.58 Å². The summed E-state index contributed by atoms with van der Waals surface area (Å²) >= 11 is 1.18. The first-order valence-corrected chi connectivity index (χ1v) is 13.1. The summed E-state index contributed by atoms with van der Waals surface area (Å²) in [4.78, 5) is 41.0. The molecule has 3 heterocycles. The number of hydrogen-bond donors (Lipinski definition) is 1. The second-order valence-electron chi connectivity index (χ2n) is 8.89. The number of piperazine rings is 1. The fourth-order valence-corrected chi connectivity index (χ4v) is 4.94. The third-order valence-corrected chi connectivity index (χ3v) is 7.17. The van der Waals surface area contributed by atoms with E-state index < -0.39 is 0 Å². The molecule has 0 aliphatic carbocycles. The van der Waals surface area contributed by atoms with Gasteiger partial charge >= 0.3 is 0 Å². The van der Waals surface area contributed by atoms with Crippen LogP contribution in [0, 0.1) is 5.82 Å². The van der Waals surface area contributed by atoms with E-state index in [-0.39, 0.29) is 30.7 Å². The molecule has 0 bridgehead atoms. The van der Waals surface area contributed by atoms with Crippen molar-refractivity contribution >= 4 is 28.3 Å². The molecule has 11 heteroatoms. The van der Waals surface area contributed by atoms with E-state index in [1.165, 1.54) is 29.7 Å². The zero-order valence-corrected chi connectivity index (χ0v) is 21.6. The van der Waals surface area contributed by atoms with Gasteiger partial charge in [-0.2, -0.15) is 0 Å². The molecule has 37 heavy (non-hydrogen) atoms. The van der Waals surface area contributed by atoms with Gasteiger partial charge in [-0.3, -0.25) is 24.3 Å². The maximum absolute atomic E-state index is 13.4. The Morgan fingerprint density at radius 3 is 2.62 bits per heavy atom. The monoisotopic (exact) mass is 525 g/mol. The lowest BCUT2D eigenvalue weighted by Gasteiger charge is -2.34. The number of thiazole rings is 1. The number of imidazole rings is 1. The van der Waals surface area contributed by atoms with Gasteiger partial charge in [0.2, 0.25) is 5.91 Å². The number of carbonyl (C=O) groups excluding carboxylic acids is 2. The lowest BCUT2D eigenvalue weighted by Crippen LogP contribution is -2.50. The average Bonchev–Trinajstić information content (AvgIpc) is 3.60. The van der Waals surface area contributed by atoms with E-state index >= 15 is 0 Å². The van der Waals surface area contributed by atoms with Crippen molar-refractivity contribution in [1.29, 1.82) is 0 Å². The minimum absolute atomic E-state index is 0.108. The van der Waals surface area contributed by atoms with Crippen LogP contribution in [0.5, 0.6) is 0 Å². The first-order valence-electron chi connectivity index (χ1n) is 12.3. The number of carbonyl (C=O) groups is 2. The summed E-state index contributed by atoms with van der Waals surface area (Å²) in [5.41, 5.74) is 0.784. The molecule has 1 aliphatic heterocycles. The Morgan fingerprint density at radius 1 is 1.16 bits per heavy atom. The normalized spacial score (nSPS) is 14.4. The summed E-state index contributed by atoms with van der Waals surface area (Å²) < 4.78 is 15.4. The molecule has 1 aliphatic rings. The highest BCUT2D eigenvalue weighted by Crippen LogP contribution is 2.25. The van der Waals surface area contributed by atoms with E-state index in [2.05, 4.69) is 31.7 Å². The Hall–Kier alpha value is -3.41. The van der Waals surface area contributed by atoms with Crippen LogP contribution in [-0.4, -0.2) is 82.0 Å². The molecule has 0 unspecified atom stereocenters. The van der Waals surface area contributed by atoms with Gasteiger partial charge in [0.1, 0.15) is 10.7 Å². The van der Waals surface area contributed by atoms with Gasteiger partial charge in [0.25, 0.3) is 5.91 Å². The van der Waals surface area contributed by atoms with Gasteiger partial charge in [0.05, 0.1) is 25.6 Å². The quantitative estimate of drug-likeness (QED) is 0.289. The predicted molar refractivity (Wildman–Crippen MR) is 142 cm³/mol. The second kappa shape index (κ2) is 13.2. The number of nitrogens with one attached hydrogen (secondary N) is 1. The molecule has 196 valence electrons. The van der Waals surface area contributed by atoms with Crippen LogP contribution in [0.15, 0.2) is 61.8 Å². The summed E-state index contributed by atoms with van der Waals surface area (Å²) in [6.45, 7) is 9.72. The van der Waals surface area contributed by atoms with Crippen LogP contribution in [-0.2, 0) is 17.9 Å². The van der Waals surface area contributed by atoms with Gasteiger partial charge in [-0.05, 0) is 24.1 Å². The summed E-state index contributed by atoms with van der Waals surface area (Å²) in [7, 11) is 0. The first-order chi connectivity index (χ1) is 18.0.